The van der Waals surface area contributed by atoms with Crippen molar-refractivity contribution in [1.82, 2.24) is 20.6 Å². The fourth-order valence-corrected chi connectivity index (χ4v) is 7.39. The Balaban J connectivity index is 1.46. The zero-order valence-electron chi connectivity index (χ0n) is 18.6. The molecule has 4 aliphatic rings. The van der Waals surface area contributed by atoms with E-state index in [4.69, 9.17) is 0 Å². The molecule has 2 bridgehead atoms. The van der Waals surface area contributed by atoms with Gasteiger partial charge in [0, 0.05) is 49.0 Å². The summed E-state index contributed by atoms with van der Waals surface area (Å²) in [6.07, 6.45) is 15.7. The summed E-state index contributed by atoms with van der Waals surface area (Å²) >= 11 is 3.78. The molecule has 0 saturated carbocycles. The van der Waals surface area contributed by atoms with Crippen LogP contribution < -0.4 is 16.2 Å². The lowest BCUT2D eigenvalue weighted by Crippen LogP contribution is -2.39. The summed E-state index contributed by atoms with van der Waals surface area (Å²) in [7, 11) is 0. The van der Waals surface area contributed by atoms with Gasteiger partial charge in [0.2, 0.25) is 0 Å². The van der Waals surface area contributed by atoms with Crippen LogP contribution in [0.15, 0.2) is 61.7 Å². The van der Waals surface area contributed by atoms with E-state index < -0.39 is 0 Å². The van der Waals surface area contributed by atoms with E-state index in [1.54, 1.807) is 6.07 Å². The maximum Gasteiger partial charge on any atom is 0.251 e. The Kier molecular flexibility index (Phi) is 6.49. The first-order valence-electron chi connectivity index (χ1n) is 11.5. The molecule has 2 unspecified atom stereocenters. The Labute approximate surface area is 198 Å². The highest BCUT2D eigenvalue weighted by molar-refractivity contribution is 8.10. The van der Waals surface area contributed by atoms with Gasteiger partial charge >= 0.3 is 0 Å². The van der Waals surface area contributed by atoms with E-state index in [2.05, 4.69) is 57.9 Å². The molecule has 168 valence electrons. The first-order valence-corrected chi connectivity index (χ1v) is 13.2. The average molecular weight is 467 g/mol. The maximum absolute atomic E-state index is 12.1. The fourth-order valence-electron chi connectivity index (χ4n) is 4.66. The molecule has 1 saturated heterocycles. The number of fused-ring (bicyclic) bond motifs is 1. The molecule has 1 aromatic heterocycles. The summed E-state index contributed by atoms with van der Waals surface area (Å²) in [5, 5.41) is 7.59. The van der Waals surface area contributed by atoms with Crippen molar-refractivity contribution in [3.63, 3.8) is 0 Å². The highest BCUT2D eigenvalue weighted by Crippen LogP contribution is 2.49. The number of nitrogens with one attached hydrogen (secondary N) is 3. The molecule has 7 heteroatoms. The minimum Gasteiger partial charge on any atom is -0.385 e. The Morgan fingerprint density at radius 1 is 1.22 bits per heavy atom. The lowest BCUT2D eigenvalue weighted by Gasteiger charge is -2.26. The van der Waals surface area contributed by atoms with Crippen LogP contribution in [0.5, 0.6) is 0 Å². The number of aromatic amines is 1. The van der Waals surface area contributed by atoms with Crippen molar-refractivity contribution >= 4 is 29.1 Å². The largest absolute Gasteiger partial charge is 0.385 e. The zero-order chi connectivity index (χ0) is 22.1. The van der Waals surface area contributed by atoms with Gasteiger partial charge in [-0.25, -0.2) is 4.98 Å². The van der Waals surface area contributed by atoms with Gasteiger partial charge in [0.15, 0.2) is 0 Å². The number of allylic oxidation sites excluding steroid dienone is 6. The van der Waals surface area contributed by atoms with Gasteiger partial charge in [0.25, 0.3) is 5.56 Å². The topological polar surface area (TPSA) is 69.8 Å². The summed E-state index contributed by atoms with van der Waals surface area (Å²) in [6.45, 7) is 6.42. The van der Waals surface area contributed by atoms with Gasteiger partial charge in [0.05, 0.1) is 0 Å². The van der Waals surface area contributed by atoms with Crippen LogP contribution >= 0.6 is 23.5 Å². The molecule has 1 fully saturated rings. The summed E-state index contributed by atoms with van der Waals surface area (Å²) in [6, 6.07) is 2.11. The molecular formula is C25H30N4OS2. The molecule has 3 heterocycles. The third-order valence-electron chi connectivity index (χ3n) is 6.18. The Bertz CT molecular complexity index is 1110. The molecule has 5 nitrogen and oxygen atoms in total. The lowest BCUT2D eigenvalue weighted by molar-refractivity contribution is 0.400. The number of aryl methyl sites for hydroxylation is 1. The predicted octanol–water partition coefficient (Wildman–Crippen LogP) is 4.63. The van der Waals surface area contributed by atoms with Crippen LogP contribution in [0.3, 0.4) is 0 Å². The Morgan fingerprint density at radius 3 is 2.88 bits per heavy atom. The van der Waals surface area contributed by atoms with E-state index in [1.807, 2.05) is 30.4 Å². The molecule has 0 aromatic carbocycles. The van der Waals surface area contributed by atoms with Crippen molar-refractivity contribution in [2.45, 2.75) is 50.8 Å². The summed E-state index contributed by atoms with van der Waals surface area (Å²) in [5.41, 5.74) is 3.01. The van der Waals surface area contributed by atoms with Crippen molar-refractivity contribution in [2.75, 3.05) is 13.1 Å². The number of aromatic nitrogens is 2. The summed E-state index contributed by atoms with van der Waals surface area (Å²) in [4.78, 5) is 23.7. The zero-order valence-corrected chi connectivity index (χ0v) is 20.2. The van der Waals surface area contributed by atoms with Crippen LogP contribution in [0.25, 0.3) is 5.57 Å². The van der Waals surface area contributed by atoms with Crippen LogP contribution in [-0.2, 0) is 0 Å². The minimum absolute atomic E-state index is 0.105. The van der Waals surface area contributed by atoms with E-state index in [1.165, 1.54) is 33.3 Å². The van der Waals surface area contributed by atoms with Gasteiger partial charge in [0.1, 0.15) is 5.82 Å². The van der Waals surface area contributed by atoms with Crippen LogP contribution in [0.2, 0.25) is 0 Å². The highest BCUT2D eigenvalue weighted by Gasteiger charge is 2.27. The van der Waals surface area contributed by atoms with Gasteiger partial charge in [-0.05, 0) is 57.7 Å². The van der Waals surface area contributed by atoms with Gasteiger partial charge in [-0.15, -0.1) is 11.8 Å². The highest BCUT2D eigenvalue weighted by atomic mass is 32.2. The predicted molar refractivity (Wildman–Crippen MR) is 136 cm³/mol. The first kappa shape index (κ1) is 21.9. The molecule has 0 amide bonds. The molecule has 0 spiro atoms. The Morgan fingerprint density at radius 2 is 2.06 bits per heavy atom. The molecule has 2 aliphatic carbocycles. The molecular weight excluding hydrogens is 436 g/mol. The molecule has 5 rings (SSSR count). The van der Waals surface area contributed by atoms with Crippen molar-refractivity contribution in [2.24, 2.45) is 5.92 Å². The molecule has 0 radical (unpaired) electrons. The second kappa shape index (κ2) is 9.49. The number of H-pyrrole nitrogens is 1. The van der Waals surface area contributed by atoms with Crippen molar-refractivity contribution in [1.29, 1.82) is 0 Å². The van der Waals surface area contributed by atoms with Crippen LogP contribution in [-0.4, -0.2) is 34.3 Å². The fraction of sp³-hybridized carbons (Fsp3) is 0.440. The van der Waals surface area contributed by atoms with Crippen molar-refractivity contribution in [3.05, 3.63) is 78.7 Å². The van der Waals surface area contributed by atoms with Crippen LogP contribution in [0.1, 0.15) is 44.1 Å². The van der Waals surface area contributed by atoms with E-state index in [0.717, 1.165) is 37.2 Å². The summed E-state index contributed by atoms with van der Waals surface area (Å²) in [5.74, 6) is 1.23. The first-order chi connectivity index (χ1) is 15.5. The van der Waals surface area contributed by atoms with E-state index in [0.29, 0.717) is 17.8 Å². The number of hydrogen-bond acceptors (Lipinski definition) is 6. The van der Waals surface area contributed by atoms with E-state index in [-0.39, 0.29) is 10.8 Å². The summed E-state index contributed by atoms with van der Waals surface area (Å²) < 4.78 is 0. The smallest absolute Gasteiger partial charge is 0.251 e. The van der Waals surface area contributed by atoms with Crippen molar-refractivity contribution < 1.29 is 0 Å². The maximum atomic E-state index is 12.1. The van der Waals surface area contributed by atoms with Crippen LogP contribution in [0.4, 0.5) is 0 Å². The second-order valence-corrected chi connectivity index (χ2v) is 11.4. The molecule has 1 aromatic rings. The van der Waals surface area contributed by atoms with E-state index in [9.17, 15) is 4.79 Å². The molecule has 32 heavy (non-hydrogen) atoms. The van der Waals surface area contributed by atoms with Crippen molar-refractivity contribution in [3.8, 4) is 0 Å². The van der Waals surface area contributed by atoms with Crippen LogP contribution in [0, 0.1) is 12.8 Å². The number of hydrogen-bond donors (Lipinski definition) is 3. The number of rotatable bonds is 3. The lowest BCUT2D eigenvalue weighted by atomic mass is 10.0. The third-order valence-corrected chi connectivity index (χ3v) is 8.70. The standard InChI is InChI=1S/C25H30N4OS2/c1-15-10-18(28-17-6-8-26-9-7-17)13-23-22(11-15)32-21-14-19(31-23)4-3-5-20(21)25-27-16(2)12-24(30)29-25/h3-5,12-15,17,19,26,28H,6-11H2,1-2H3,(H,27,29,30). The molecule has 3 N–H and O–H groups in total. The average Bonchev–Trinajstić information content (AvgIpc) is 3.10. The quantitative estimate of drug-likeness (QED) is 0.603. The van der Waals surface area contributed by atoms with Gasteiger partial charge in [-0.3, -0.25) is 4.79 Å². The molecule has 2 aliphatic heterocycles. The SMILES string of the molecule is Cc1cc(=O)[nH]c(C2=CC=CC3C=C2SC2=C(C=C(NC4CCNCC4)CC(C)C2)S3)n1. The number of thioether (sulfide) groups is 2. The Hall–Kier alpha value is -1.96. The van der Waals surface area contributed by atoms with Gasteiger partial charge in [-0.1, -0.05) is 43.0 Å². The number of nitrogens with zero attached hydrogens (tertiary/aromatic N) is 1. The van der Waals surface area contributed by atoms with Gasteiger partial charge in [-0.2, -0.15) is 0 Å². The van der Waals surface area contributed by atoms with E-state index >= 15 is 0 Å². The molecule has 2 atom stereocenters. The monoisotopic (exact) mass is 466 g/mol. The minimum atomic E-state index is -0.105. The normalized spacial score (nSPS) is 26.2. The third kappa shape index (κ3) is 5.00. The number of piperidine rings is 1. The van der Waals surface area contributed by atoms with Gasteiger partial charge < -0.3 is 15.6 Å². The second-order valence-electron chi connectivity index (χ2n) is 9.06.